The maximum absolute atomic E-state index is 12.6. The zero-order valence-electron chi connectivity index (χ0n) is 21.8. The van der Waals surface area contributed by atoms with Gasteiger partial charge in [-0.3, -0.25) is 4.79 Å². The number of carbonyl (C=O) groups is 1. The summed E-state index contributed by atoms with van der Waals surface area (Å²) in [7, 11) is 2.14. The minimum absolute atomic E-state index is 0.0420. The summed E-state index contributed by atoms with van der Waals surface area (Å²) in [6, 6.07) is 14.1. The van der Waals surface area contributed by atoms with Gasteiger partial charge in [0.15, 0.2) is 11.0 Å². The number of benzene rings is 2. The van der Waals surface area contributed by atoms with Gasteiger partial charge < -0.3 is 31.1 Å². The summed E-state index contributed by atoms with van der Waals surface area (Å²) in [6.07, 6.45) is 3.90. The second-order valence-electron chi connectivity index (χ2n) is 9.96. The van der Waals surface area contributed by atoms with Crippen LogP contribution in [0.4, 0.5) is 22.9 Å². The van der Waals surface area contributed by atoms with Gasteiger partial charge in [-0.2, -0.15) is 0 Å². The molecule has 38 heavy (non-hydrogen) atoms. The number of rotatable bonds is 8. The molecule has 3 aromatic rings. The second-order valence-corrected chi connectivity index (χ2v) is 10.3. The molecule has 9 nitrogen and oxygen atoms in total. The van der Waals surface area contributed by atoms with E-state index in [0.717, 1.165) is 68.3 Å². The molecule has 10 heteroatoms. The van der Waals surface area contributed by atoms with Crippen molar-refractivity contribution in [3.05, 3.63) is 59.5 Å². The van der Waals surface area contributed by atoms with Gasteiger partial charge in [-0.25, -0.2) is 9.97 Å². The van der Waals surface area contributed by atoms with Gasteiger partial charge in [0, 0.05) is 44.8 Å². The van der Waals surface area contributed by atoms with E-state index in [4.69, 9.17) is 17.3 Å². The number of likely N-dealkylation sites (N-methyl/N-ethyl adjacent to an activating group) is 1. The summed E-state index contributed by atoms with van der Waals surface area (Å²) in [4.78, 5) is 28.0. The summed E-state index contributed by atoms with van der Waals surface area (Å²) in [5.41, 5.74) is 11.1. The van der Waals surface area contributed by atoms with Crippen molar-refractivity contribution in [2.75, 3.05) is 75.4 Å². The van der Waals surface area contributed by atoms with Gasteiger partial charge in [0.2, 0.25) is 0 Å². The van der Waals surface area contributed by atoms with E-state index in [1.165, 1.54) is 19.2 Å². The topological polar surface area (TPSA) is 103 Å². The van der Waals surface area contributed by atoms with Gasteiger partial charge in [0.1, 0.15) is 12.0 Å². The van der Waals surface area contributed by atoms with Gasteiger partial charge in [0.05, 0.1) is 11.4 Å². The van der Waals surface area contributed by atoms with Gasteiger partial charge in [-0.05, 0) is 68.4 Å². The van der Waals surface area contributed by atoms with Crippen LogP contribution in [0.5, 0.6) is 0 Å². The molecule has 0 bridgehead atoms. The highest BCUT2D eigenvalue weighted by Gasteiger charge is 2.19. The fraction of sp³-hybridized carbons (Fsp3) is 0.393. The number of hydrogen-bond acceptors (Lipinski definition) is 8. The fourth-order valence-corrected chi connectivity index (χ4v) is 5.12. The molecule has 2 saturated heterocycles. The lowest BCUT2D eigenvalue weighted by atomic mass is 10.0. The van der Waals surface area contributed by atoms with E-state index in [1.54, 1.807) is 0 Å². The minimum Gasteiger partial charge on any atom is -0.393 e. The standard InChI is InChI=1S/C28H35ClN8O/c1-35-14-16-37(17-15-35)24-9-8-22(18-23(24)34-27-25(30)26(29)32-19-33-27)20-4-6-21(7-5-20)28(38)31-10-13-36-11-2-3-12-36/h4-9,18-19H,2-3,10-17,30H2,1H3,(H,31,38)(H,32,33,34). The van der Waals surface area contributed by atoms with Crippen molar-refractivity contribution >= 4 is 40.4 Å². The molecule has 200 valence electrons. The Kier molecular flexibility index (Phi) is 8.26. The van der Waals surface area contributed by atoms with Crippen LogP contribution in [0.3, 0.4) is 0 Å². The normalized spacial score (nSPS) is 16.5. The van der Waals surface area contributed by atoms with E-state index in [1.807, 2.05) is 24.3 Å². The SMILES string of the molecule is CN1CCN(c2ccc(-c3ccc(C(=O)NCCN4CCCC4)cc3)cc2Nc2ncnc(Cl)c2N)CC1. The lowest BCUT2D eigenvalue weighted by Crippen LogP contribution is -2.44. The predicted molar refractivity (Wildman–Crippen MR) is 154 cm³/mol. The number of amides is 1. The first-order chi connectivity index (χ1) is 18.5. The van der Waals surface area contributed by atoms with E-state index in [-0.39, 0.29) is 11.1 Å². The second kappa shape index (κ2) is 12.0. The quantitative estimate of drug-likeness (QED) is 0.376. The number of nitrogens with zero attached hydrogens (tertiary/aromatic N) is 5. The molecule has 0 saturated carbocycles. The summed E-state index contributed by atoms with van der Waals surface area (Å²) in [5, 5.41) is 6.65. The van der Waals surface area contributed by atoms with Crippen molar-refractivity contribution in [1.82, 2.24) is 25.1 Å². The maximum atomic E-state index is 12.6. The molecule has 0 aliphatic carbocycles. The number of nitrogens with two attached hydrogens (primary N) is 1. The third-order valence-corrected chi connectivity index (χ3v) is 7.62. The van der Waals surface area contributed by atoms with Crippen LogP contribution in [0.15, 0.2) is 48.8 Å². The van der Waals surface area contributed by atoms with Crippen LogP contribution >= 0.6 is 11.6 Å². The predicted octanol–water partition coefficient (Wildman–Crippen LogP) is 3.70. The molecule has 0 radical (unpaired) electrons. The minimum atomic E-state index is -0.0420. The average molecular weight is 535 g/mol. The Bertz CT molecular complexity index is 1250. The van der Waals surface area contributed by atoms with Gasteiger partial charge in [-0.15, -0.1) is 0 Å². The number of likely N-dealkylation sites (tertiary alicyclic amines) is 1. The monoisotopic (exact) mass is 534 g/mol. The number of nitrogens with one attached hydrogen (secondary N) is 2. The molecule has 2 aliphatic rings. The highest BCUT2D eigenvalue weighted by atomic mass is 35.5. The van der Waals surface area contributed by atoms with Crippen molar-refractivity contribution in [2.45, 2.75) is 12.8 Å². The Morgan fingerprint density at radius 3 is 2.42 bits per heavy atom. The number of carbonyl (C=O) groups excluding carboxylic acids is 1. The third kappa shape index (κ3) is 6.18. The number of anilines is 4. The summed E-state index contributed by atoms with van der Waals surface area (Å²) in [6.45, 7) is 7.66. The van der Waals surface area contributed by atoms with E-state index < -0.39 is 0 Å². The molecule has 4 N–H and O–H groups in total. The van der Waals surface area contributed by atoms with Crippen LogP contribution in [-0.4, -0.2) is 85.1 Å². The number of hydrogen-bond donors (Lipinski definition) is 3. The van der Waals surface area contributed by atoms with Crippen molar-refractivity contribution in [2.24, 2.45) is 0 Å². The van der Waals surface area contributed by atoms with E-state index in [9.17, 15) is 4.79 Å². The first-order valence-electron chi connectivity index (χ1n) is 13.2. The Morgan fingerprint density at radius 1 is 0.974 bits per heavy atom. The molecule has 0 spiro atoms. The third-order valence-electron chi connectivity index (χ3n) is 7.32. The number of nitrogen functional groups attached to an aromatic ring is 1. The molecule has 2 aliphatic heterocycles. The molecule has 3 heterocycles. The van der Waals surface area contributed by atoms with Crippen molar-refractivity contribution < 1.29 is 4.79 Å². The van der Waals surface area contributed by atoms with Crippen LogP contribution in [0.2, 0.25) is 5.15 Å². The van der Waals surface area contributed by atoms with Crippen LogP contribution in [0.25, 0.3) is 11.1 Å². The van der Waals surface area contributed by atoms with Gasteiger partial charge in [-0.1, -0.05) is 29.8 Å². The molecule has 2 fully saturated rings. The van der Waals surface area contributed by atoms with Crippen LogP contribution < -0.4 is 21.3 Å². The smallest absolute Gasteiger partial charge is 0.251 e. The number of piperazine rings is 1. The van der Waals surface area contributed by atoms with E-state index in [0.29, 0.717) is 23.6 Å². The van der Waals surface area contributed by atoms with Gasteiger partial charge >= 0.3 is 0 Å². The maximum Gasteiger partial charge on any atom is 0.251 e. The largest absolute Gasteiger partial charge is 0.393 e. The highest BCUT2D eigenvalue weighted by Crippen LogP contribution is 2.36. The molecule has 5 rings (SSSR count). The average Bonchev–Trinajstić information content (AvgIpc) is 3.45. The first kappa shape index (κ1) is 26.2. The molecule has 1 amide bonds. The molecule has 2 aromatic carbocycles. The molecular formula is C28H35ClN8O. The summed E-state index contributed by atoms with van der Waals surface area (Å²) >= 11 is 6.15. The van der Waals surface area contributed by atoms with Crippen molar-refractivity contribution in [3.63, 3.8) is 0 Å². The summed E-state index contributed by atoms with van der Waals surface area (Å²) in [5.74, 6) is 0.429. The van der Waals surface area contributed by atoms with Crippen LogP contribution in [0.1, 0.15) is 23.2 Å². The van der Waals surface area contributed by atoms with Crippen molar-refractivity contribution in [3.8, 4) is 11.1 Å². The molecule has 0 unspecified atom stereocenters. The fourth-order valence-electron chi connectivity index (χ4n) is 4.99. The Morgan fingerprint density at radius 2 is 1.68 bits per heavy atom. The Hall–Kier alpha value is -3.40. The molecule has 1 aromatic heterocycles. The Labute approximate surface area is 229 Å². The van der Waals surface area contributed by atoms with E-state index in [2.05, 4.69) is 60.5 Å². The zero-order valence-corrected chi connectivity index (χ0v) is 22.5. The highest BCUT2D eigenvalue weighted by molar-refractivity contribution is 6.32. The molecular weight excluding hydrogens is 500 g/mol. The van der Waals surface area contributed by atoms with Gasteiger partial charge in [0.25, 0.3) is 5.91 Å². The Balaban J connectivity index is 1.34. The van der Waals surface area contributed by atoms with Crippen molar-refractivity contribution in [1.29, 1.82) is 0 Å². The molecule has 0 atom stereocenters. The van der Waals surface area contributed by atoms with E-state index >= 15 is 0 Å². The lowest BCUT2D eigenvalue weighted by Gasteiger charge is -2.35. The number of halogens is 1. The summed E-state index contributed by atoms with van der Waals surface area (Å²) < 4.78 is 0. The first-order valence-corrected chi connectivity index (χ1v) is 13.6. The van der Waals surface area contributed by atoms with Crippen LogP contribution in [0, 0.1) is 0 Å². The van der Waals surface area contributed by atoms with Crippen LogP contribution in [-0.2, 0) is 0 Å². The zero-order chi connectivity index (χ0) is 26.5. The lowest BCUT2D eigenvalue weighted by molar-refractivity contribution is 0.0950. The number of aromatic nitrogens is 2.